The number of hydrogen-bond acceptors (Lipinski definition) is 7. The molecule has 0 aromatic heterocycles. The molecule has 0 saturated carbocycles. The van der Waals surface area contributed by atoms with Crippen LogP contribution < -0.4 is 14.9 Å². The number of non-ortho nitro benzene ring substituents is 1. The predicted octanol–water partition coefficient (Wildman–Crippen LogP) is 5.00. The van der Waals surface area contributed by atoms with E-state index in [1.165, 1.54) is 25.3 Å². The molecule has 0 heterocycles. The Hall–Kier alpha value is -4.44. The van der Waals surface area contributed by atoms with E-state index in [0.29, 0.717) is 5.75 Å². The summed E-state index contributed by atoms with van der Waals surface area (Å²) in [5, 5.41) is 17.5. The molecule has 0 aliphatic carbocycles. The molecule has 0 saturated heterocycles. The van der Waals surface area contributed by atoms with Crippen LogP contribution in [0.4, 0.5) is 17.1 Å². The number of nitrogens with one attached hydrogen (secondary N) is 2. The molecular weight excluding hydrogens is 456 g/mol. The molecule has 2 N–H and O–H groups in total. The van der Waals surface area contributed by atoms with E-state index in [-0.39, 0.29) is 22.0 Å². The molecule has 0 spiro atoms. The van der Waals surface area contributed by atoms with Gasteiger partial charge in [0.25, 0.3) is 15.7 Å². The van der Waals surface area contributed by atoms with E-state index >= 15 is 0 Å². The summed E-state index contributed by atoms with van der Waals surface area (Å²) in [6, 6.07) is 23.5. The lowest BCUT2D eigenvalue weighted by Gasteiger charge is -2.14. The van der Waals surface area contributed by atoms with Crippen molar-refractivity contribution < 1.29 is 18.1 Å². The molecule has 4 rings (SSSR count). The first kappa shape index (κ1) is 22.7. The maximum atomic E-state index is 13.2. The van der Waals surface area contributed by atoms with Crippen LogP contribution in [-0.4, -0.2) is 26.7 Å². The van der Waals surface area contributed by atoms with Crippen LogP contribution in [0.1, 0.15) is 5.56 Å². The number of nitrogens with zero attached hydrogens (tertiary/aromatic N) is 2. The second kappa shape index (κ2) is 9.59. The first-order chi connectivity index (χ1) is 16.4. The standard InChI is InChI=1S/C24H20N4O5S/c1-33-23-12-5-4-11-21(23)27-34(31,32)24-15-19(28(29)30)13-14-22(24)26-25-16-18-9-6-8-17-7-2-3-10-20(17)18/h2-16,26-27H,1H3/b25-16-. The number of fused-ring (bicyclic) bond motifs is 1. The van der Waals surface area contributed by atoms with Crippen molar-refractivity contribution in [3.8, 4) is 5.75 Å². The lowest BCUT2D eigenvalue weighted by atomic mass is 10.1. The van der Waals surface area contributed by atoms with E-state index in [0.717, 1.165) is 22.4 Å². The quantitative estimate of drug-likeness (QED) is 0.209. The maximum absolute atomic E-state index is 13.2. The summed E-state index contributed by atoms with van der Waals surface area (Å²) in [5.41, 5.74) is 3.43. The van der Waals surface area contributed by atoms with Crippen LogP contribution in [0, 0.1) is 10.1 Å². The number of rotatable bonds is 8. The second-order valence-electron chi connectivity index (χ2n) is 7.18. The lowest BCUT2D eigenvalue weighted by Crippen LogP contribution is -2.15. The summed E-state index contributed by atoms with van der Waals surface area (Å²) in [5.74, 6) is 0.306. The fourth-order valence-corrected chi connectivity index (χ4v) is 4.65. The number of ether oxygens (including phenoxy) is 1. The van der Waals surface area contributed by atoms with Crippen LogP contribution in [0.3, 0.4) is 0 Å². The van der Waals surface area contributed by atoms with Gasteiger partial charge in [0.1, 0.15) is 10.6 Å². The average Bonchev–Trinajstić information content (AvgIpc) is 2.84. The van der Waals surface area contributed by atoms with Crippen LogP contribution in [0.15, 0.2) is 94.9 Å². The summed E-state index contributed by atoms with van der Waals surface area (Å²) in [7, 11) is -2.82. The Morgan fingerprint density at radius 2 is 1.68 bits per heavy atom. The van der Waals surface area contributed by atoms with Crippen molar-refractivity contribution in [2.24, 2.45) is 5.10 Å². The lowest BCUT2D eigenvalue weighted by molar-refractivity contribution is -0.385. The molecule has 0 amide bonds. The molecule has 0 unspecified atom stereocenters. The van der Waals surface area contributed by atoms with Crippen molar-refractivity contribution in [3.05, 3.63) is 101 Å². The van der Waals surface area contributed by atoms with Crippen molar-refractivity contribution in [2.75, 3.05) is 17.3 Å². The minimum atomic E-state index is -4.23. The monoisotopic (exact) mass is 476 g/mol. The molecule has 10 heteroatoms. The van der Waals surface area contributed by atoms with Gasteiger partial charge in [0.05, 0.1) is 29.6 Å². The zero-order valence-electron chi connectivity index (χ0n) is 18.0. The number of nitro benzene ring substituents is 1. The minimum absolute atomic E-state index is 0.0736. The third-order valence-corrected chi connectivity index (χ3v) is 6.43. The molecule has 0 bridgehead atoms. The third kappa shape index (κ3) is 4.81. The number of methoxy groups -OCH3 is 1. The van der Waals surface area contributed by atoms with Gasteiger partial charge in [0.15, 0.2) is 0 Å². The van der Waals surface area contributed by atoms with Gasteiger partial charge in [-0.1, -0.05) is 54.6 Å². The van der Waals surface area contributed by atoms with Crippen LogP contribution >= 0.6 is 0 Å². The van der Waals surface area contributed by atoms with Gasteiger partial charge in [-0.25, -0.2) is 8.42 Å². The second-order valence-corrected chi connectivity index (χ2v) is 8.83. The first-order valence-electron chi connectivity index (χ1n) is 10.1. The summed E-state index contributed by atoms with van der Waals surface area (Å²) < 4.78 is 34.0. The van der Waals surface area contributed by atoms with Gasteiger partial charge in [0.2, 0.25) is 0 Å². The molecule has 0 radical (unpaired) electrons. The Bertz CT molecular complexity index is 1500. The highest BCUT2D eigenvalue weighted by atomic mass is 32.2. The number of benzene rings is 4. The minimum Gasteiger partial charge on any atom is -0.495 e. The summed E-state index contributed by atoms with van der Waals surface area (Å²) in [6.45, 7) is 0. The Kier molecular flexibility index (Phi) is 6.42. The third-order valence-electron chi connectivity index (χ3n) is 5.03. The highest BCUT2D eigenvalue weighted by Gasteiger charge is 2.23. The Morgan fingerprint density at radius 3 is 2.47 bits per heavy atom. The zero-order chi connectivity index (χ0) is 24.1. The number of sulfonamides is 1. The predicted molar refractivity (Wildman–Crippen MR) is 132 cm³/mol. The van der Waals surface area contributed by atoms with Crippen molar-refractivity contribution in [3.63, 3.8) is 0 Å². The summed E-state index contributed by atoms with van der Waals surface area (Å²) in [4.78, 5) is 10.3. The topological polar surface area (TPSA) is 123 Å². The van der Waals surface area contributed by atoms with E-state index in [9.17, 15) is 18.5 Å². The van der Waals surface area contributed by atoms with E-state index in [1.807, 2.05) is 42.5 Å². The smallest absolute Gasteiger partial charge is 0.270 e. The molecule has 0 aliphatic rings. The molecule has 0 aliphatic heterocycles. The summed E-state index contributed by atoms with van der Waals surface area (Å²) >= 11 is 0. The van der Waals surface area contributed by atoms with E-state index in [4.69, 9.17) is 4.74 Å². The fraction of sp³-hybridized carbons (Fsp3) is 0.0417. The van der Waals surface area contributed by atoms with Gasteiger partial charge < -0.3 is 4.74 Å². The zero-order valence-corrected chi connectivity index (χ0v) is 18.8. The molecule has 0 fully saturated rings. The highest BCUT2D eigenvalue weighted by Crippen LogP contribution is 2.31. The van der Waals surface area contributed by atoms with Gasteiger partial charge in [-0.15, -0.1) is 0 Å². The van der Waals surface area contributed by atoms with Gasteiger partial charge in [0, 0.05) is 17.7 Å². The number of hydrogen-bond donors (Lipinski definition) is 2. The van der Waals surface area contributed by atoms with Crippen LogP contribution in [0.25, 0.3) is 10.8 Å². The van der Waals surface area contributed by atoms with Gasteiger partial charge in [-0.2, -0.15) is 5.10 Å². The number of para-hydroxylation sites is 2. The molecule has 172 valence electrons. The number of anilines is 2. The molecule has 0 atom stereocenters. The maximum Gasteiger partial charge on any atom is 0.270 e. The Labute approximate surface area is 195 Å². The first-order valence-corrected chi connectivity index (χ1v) is 11.6. The molecule has 34 heavy (non-hydrogen) atoms. The van der Waals surface area contributed by atoms with E-state index in [2.05, 4.69) is 15.2 Å². The molecule has 9 nitrogen and oxygen atoms in total. The Morgan fingerprint density at radius 1 is 0.941 bits per heavy atom. The van der Waals surface area contributed by atoms with Crippen molar-refractivity contribution >= 4 is 44.1 Å². The van der Waals surface area contributed by atoms with E-state index < -0.39 is 14.9 Å². The van der Waals surface area contributed by atoms with Crippen molar-refractivity contribution in [1.82, 2.24) is 0 Å². The molecule has 4 aromatic carbocycles. The average molecular weight is 477 g/mol. The normalized spacial score (nSPS) is 11.4. The highest BCUT2D eigenvalue weighted by molar-refractivity contribution is 7.93. The van der Waals surface area contributed by atoms with Crippen LogP contribution in [0.5, 0.6) is 5.75 Å². The fourth-order valence-electron chi connectivity index (χ4n) is 3.40. The van der Waals surface area contributed by atoms with Gasteiger partial charge >= 0.3 is 0 Å². The van der Waals surface area contributed by atoms with E-state index in [1.54, 1.807) is 24.4 Å². The SMILES string of the molecule is COc1ccccc1NS(=O)(=O)c1cc([N+](=O)[O-])ccc1N/N=C\c1cccc2ccccc12. The molecule has 4 aromatic rings. The summed E-state index contributed by atoms with van der Waals surface area (Å²) in [6.07, 6.45) is 1.56. The van der Waals surface area contributed by atoms with Crippen molar-refractivity contribution in [1.29, 1.82) is 0 Å². The van der Waals surface area contributed by atoms with Gasteiger partial charge in [-0.05, 0) is 29.0 Å². The van der Waals surface area contributed by atoms with Crippen molar-refractivity contribution in [2.45, 2.75) is 4.90 Å². The van der Waals surface area contributed by atoms with Crippen LogP contribution in [-0.2, 0) is 10.0 Å². The van der Waals surface area contributed by atoms with Crippen LogP contribution in [0.2, 0.25) is 0 Å². The van der Waals surface area contributed by atoms with Gasteiger partial charge in [-0.3, -0.25) is 20.3 Å². The largest absolute Gasteiger partial charge is 0.495 e. The Balaban J connectivity index is 1.69. The molecular formula is C24H20N4O5S. The number of hydrazone groups is 1. The number of nitro groups is 1.